The van der Waals surface area contributed by atoms with E-state index in [2.05, 4.69) is 44.8 Å². The molecule has 0 spiro atoms. The quantitative estimate of drug-likeness (QED) is 0.718. The molecule has 19 heavy (non-hydrogen) atoms. The molecule has 1 aliphatic heterocycles. The lowest BCUT2D eigenvalue weighted by Gasteiger charge is -2.42. The molecule has 0 amide bonds. The lowest BCUT2D eigenvalue weighted by atomic mass is 9.96. The molecule has 0 bridgehead atoms. The van der Waals surface area contributed by atoms with E-state index < -0.39 is 0 Å². The van der Waals surface area contributed by atoms with Gasteiger partial charge in [0.05, 0.1) is 0 Å². The molecule has 2 heteroatoms. The summed E-state index contributed by atoms with van der Waals surface area (Å²) in [6.07, 6.45) is 6.66. The number of nitrogens with zero attached hydrogens (tertiary/aromatic N) is 1. The van der Waals surface area contributed by atoms with Crippen LogP contribution >= 0.6 is 0 Å². The van der Waals surface area contributed by atoms with Gasteiger partial charge in [0.2, 0.25) is 0 Å². The first-order valence-electron chi connectivity index (χ1n) is 8.54. The minimum absolute atomic E-state index is 0.710. The highest BCUT2D eigenvalue weighted by Crippen LogP contribution is 2.19. The van der Waals surface area contributed by atoms with Crippen LogP contribution in [-0.4, -0.2) is 36.6 Å². The van der Waals surface area contributed by atoms with Gasteiger partial charge in [-0.2, -0.15) is 0 Å². The summed E-state index contributed by atoms with van der Waals surface area (Å²) in [5.74, 6) is 1.65. The van der Waals surface area contributed by atoms with Gasteiger partial charge in [-0.25, -0.2) is 0 Å². The largest absolute Gasteiger partial charge is 0.311 e. The van der Waals surface area contributed by atoms with E-state index in [0.29, 0.717) is 6.04 Å². The van der Waals surface area contributed by atoms with Crippen molar-refractivity contribution in [2.45, 2.75) is 78.8 Å². The van der Waals surface area contributed by atoms with Crippen LogP contribution in [0.25, 0.3) is 0 Å². The molecule has 0 saturated carbocycles. The summed E-state index contributed by atoms with van der Waals surface area (Å²) in [5, 5.41) is 3.78. The molecule has 0 aromatic heterocycles. The van der Waals surface area contributed by atoms with Gasteiger partial charge < -0.3 is 5.32 Å². The van der Waals surface area contributed by atoms with Crippen LogP contribution < -0.4 is 5.32 Å². The highest BCUT2D eigenvalue weighted by atomic mass is 15.2. The van der Waals surface area contributed by atoms with Crippen LogP contribution in [0.2, 0.25) is 0 Å². The van der Waals surface area contributed by atoms with Gasteiger partial charge in [-0.3, -0.25) is 4.90 Å². The summed E-state index contributed by atoms with van der Waals surface area (Å²) >= 11 is 0. The molecule has 1 heterocycles. The Morgan fingerprint density at radius 2 is 1.89 bits per heavy atom. The standard InChI is InChI=1S/C17H36N2/c1-6-8-15(5)12-19-13-16(10-14(3)4)18-11-17(19)9-7-2/h14-18H,6-13H2,1-5H3. The maximum atomic E-state index is 3.78. The number of hydrogen-bond acceptors (Lipinski definition) is 2. The summed E-state index contributed by atoms with van der Waals surface area (Å²) in [7, 11) is 0. The van der Waals surface area contributed by atoms with Crippen LogP contribution in [-0.2, 0) is 0 Å². The molecule has 3 atom stereocenters. The second-order valence-corrected chi connectivity index (χ2v) is 7.02. The Hall–Kier alpha value is -0.0800. The fourth-order valence-corrected chi connectivity index (χ4v) is 3.48. The fraction of sp³-hybridized carbons (Fsp3) is 1.00. The SMILES string of the molecule is CCCC(C)CN1CC(CC(C)C)NCC1CCC. The predicted molar refractivity (Wildman–Crippen MR) is 85.6 cm³/mol. The second-order valence-electron chi connectivity index (χ2n) is 7.02. The van der Waals surface area contributed by atoms with Crippen LogP contribution in [0.3, 0.4) is 0 Å². The van der Waals surface area contributed by atoms with Crippen molar-refractivity contribution in [2.75, 3.05) is 19.6 Å². The van der Waals surface area contributed by atoms with E-state index >= 15 is 0 Å². The molecular formula is C17H36N2. The van der Waals surface area contributed by atoms with Crippen LogP contribution in [0.15, 0.2) is 0 Å². The van der Waals surface area contributed by atoms with Crippen molar-refractivity contribution < 1.29 is 0 Å². The third-order valence-electron chi connectivity index (χ3n) is 4.32. The molecule has 0 radical (unpaired) electrons. The summed E-state index contributed by atoms with van der Waals surface area (Å²) in [6, 6.07) is 1.48. The van der Waals surface area contributed by atoms with Crippen molar-refractivity contribution in [3.8, 4) is 0 Å². The van der Waals surface area contributed by atoms with Gasteiger partial charge in [-0.15, -0.1) is 0 Å². The molecule has 3 unspecified atom stereocenters. The molecule has 1 aliphatic rings. The monoisotopic (exact) mass is 268 g/mol. The van der Waals surface area contributed by atoms with Gasteiger partial charge >= 0.3 is 0 Å². The summed E-state index contributed by atoms with van der Waals surface area (Å²) in [6.45, 7) is 15.5. The molecule has 1 fully saturated rings. The first-order chi connectivity index (χ1) is 9.06. The molecule has 0 aliphatic carbocycles. The minimum Gasteiger partial charge on any atom is -0.311 e. The zero-order valence-corrected chi connectivity index (χ0v) is 13.9. The Labute approximate surface area is 121 Å². The van der Waals surface area contributed by atoms with Crippen LogP contribution in [0.5, 0.6) is 0 Å². The molecule has 0 aromatic rings. The fourth-order valence-electron chi connectivity index (χ4n) is 3.48. The van der Waals surface area contributed by atoms with E-state index in [-0.39, 0.29) is 0 Å². The van der Waals surface area contributed by atoms with Gasteiger partial charge in [0.1, 0.15) is 0 Å². The van der Waals surface area contributed by atoms with Crippen LogP contribution in [0, 0.1) is 11.8 Å². The first kappa shape index (κ1) is 17.0. The van der Waals surface area contributed by atoms with Crippen molar-refractivity contribution >= 4 is 0 Å². The predicted octanol–water partition coefficient (Wildman–Crippen LogP) is 3.91. The van der Waals surface area contributed by atoms with Crippen LogP contribution in [0.4, 0.5) is 0 Å². The van der Waals surface area contributed by atoms with E-state index in [1.807, 2.05) is 0 Å². The molecule has 1 saturated heterocycles. The third kappa shape index (κ3) is 6.27. The molecule has 114 valence electrons. The third-order valence-corrected chi connectivity index (χ3v) is 4.32. The average molecular weight is 268 g/mol. The zero-order valence-electron chi connectivity index (χ0n) is 13.9. The zero-order chi connectivity index (χ0) is 14.3. The molecule has 0 aromatic carbocycles. The van der Waals surface area contributed by atoms with Gasteiger partial charge in [-0.1, -0.05) is 47.5 Å². The Morgan fingerprint density at radius 1 is 1.16 bits per heavy atom. The van der Waals surface area contributed by atoms with Gasteiger partial charge in [0, 0.05) is 31.7 Å². The van der Waals surface area contributed by atoms with Crippen molar-refractivity contribution in [1.82, 2.24) is 10.2 Å². The van der Waals surface area contributed by atoms with E-state index in [0.717, 1.165) is 17.9 Å². The van der Waals surface area contributed by atoms with Gasteiger partial charge in [-0.05, 0) is 31.1 Å². The lowest BCUT2D eigenvalue weighted by molar-refractivity contribution is 0.0977. The summed E-state index contributed by atoms with van der Waals surface area (Å²) in [5.41, 5.74) is 0. The Balaban J connectivity index is 2.51. The first-order valence-corrected chi connectivity index (χ1v) is 8.54. The minimum atomic E-state index is 0.710. The second kappa shape index (κ2) is 8.97. The molecule has 1 N–H and O–H groups in total. The number of piperazine rings is 1. The van der Waals surface area contributed by atoms with Crippen LogP contribution in [0.1, 0.15) is 66.7 Å². The lowest BCUT2D eigenvalue weighted by Crippen LogP contribution is -2.57. The number of nitrogens with one attached hydrogen (secondary N) is 1. The maximum Gasteiger partial charge on any atom is 0.0221 e. The average Bonchev–Trinajstić information content (AvgIpc) is 2.32. The Morgan fingerprint density at radius 3 is 2.47 bits per heavy atom. The van der Waals surface area contributed by atoms with Crippen molar-refractivity contribution in [3.63, 3.8) is 0 Å². The normalized spacial score (nSPS) is 26.8. The van der Waals surface area contributed by atoms with Gasteiger partial charge in [0.15, 0.2) is 0 Å². The highest BCUT2D eigenvalue weighted by Gasteiger charge is 2.28. The topological polar surface area (TPSA) is 15.3 Å². The van der Waals surface area contributed by atoms with Gasteiger partial charge in [0.25, 0.3) is 0 Å². The molecule has 2 nitrogen and oxygen atoms in total. The van der Waals surface area contributed by atoms with Crippen molar-refractivity contribution in [2.24, 2.45) is 11.8 Å². The Kier molecular flexibility index (Phi) is 8.01. The van der Waals surface area contributed by atoms with E-state index in [1.165, 1.54) is 51.7 Å². The van der Waals surface area contributed by atoms with Crippen molar-refractivity contribution in [1.29, 1.82) is 0 Å². The van der Waals surface area contributed by atoms with E-state index in [9.17, 15) is 0 Å². The smallest absolute Gasteiger partial charge is 0.0221 e. The summed E-state index contributed by atoms with van der Waals surface area (Å²) in [4.78, 5) is 2.79. The van der Waals surface area contributed by atoms with E-state index in [1.54, 1.807) is 0 Å². The number of hydrogen-bond donors (Lipinski definition) is 1. The maximum absolute atomic E-state index is 3.78. The highest BCUT2D eigenvalue weighted by molar-refractivity contribution is 4.87. The molecule has 1 rings (SSSR count). The van der Waals surface area contributed by atoms with E-state index in [4.69, 9.17) is 0 Å². The van der Waals surface area contributed by atoms with Crippen molar-refractivity contribution in [3.05, 3.63) is 0 Å². The Bertz CT molecular complexity index is 227. The molecular weight excluding hydrogens is 232 g/mol. The summed E-state index contributed by atoms with van der Waals surface area (Å²) < 4.78 is 0. The number of rotatable bonds is 8.